The number of hydrogen-bond donors (Lipinski definition) is 2. The zero-order valence-electron chi connectivity index (χ0n) is 9.15. The molecule has 6 nitrogen and oxygen atoms in total. The van der Waals surface area contributed by atoms with Crippen LogP contribution in [0.5, 0.6) is 0 Å². The van der Waals surface area contributed by atoms with Crippen LogP contribution in [0, 0.1) is 0 Å². The SMILES string of the molecule is C=C(C)C(=O)OCC(O)(O)OC(=O)C(=C)C. The van der Waals surface area contributed by atoms with Gasteiger partial charge in [-0.2, -0.15) is 0 Å². The first-order valence-electron chi connectivity index (χ1n) is 4.32. The number of rotatable bonds is 5. The summed E-state index contributed by atoms with van der Waals surface area (Å²) >= 11 is 0. The Balaban J connectivity index is 4.25. The van der Waals surface area contributed by atoms with E-state index in [1.165, 1.54) is 13.8 Å². The summed E-state index contributed by atoms with van der Waals surface area (Å²) in [6, 6.07) is 0. The van der Waals surface area contributed by atoms with Crippen molar-refractivity contribution in [2.75, 3.05) is 6.61 Å². The number of hydrogen-bond acceptors (Lipinski definition) is 6. The molecule has 0 saturated carbocycles. The summed E-state index contributed by atoms with van der Waals surface area (Å²) < 4.78 is 8.60. The predicted molar refractivity (Wildman–Crippen MR) is 53.8 cm³/mol. The van der Waals surface area contributed by atoms with Crippen LogP contribution in [-0.4, -0.2) is 34.7 Å². The van der Waals surface area contributed by atoms with Gasteiger partial charge in [-0.3, -0.25) is 0 Å². The Morgan fingerprint density at radius 2 is 1.56 bits per heavy atom. The van der Waals surface area contributed by atoms with Gasteiger partial charge in [0, 0.05) is 11.1 Å². The molecule has 0 aliphatic rings. The molecule has 0 bridgehead atoms. The molecule has 0 amide bonds. The molecule has 0 heterocycles. The van der Waals surface area contributed by atoms with Gasteiger partial charge in [0.1, 0.15) is 0 Å². The van der Waals surface area contributed by atoms with E-state index in [2.05, 4.69) is 22.6 Å². The molecule has 0 aromatic rings. The summed E-state index contributed by atoms with van der Waals surface area (Å²) in [7, 11) is 0. The molecule has 6 heteroatoms. The van der Waals surface area contributed by atoms with E-state index in [0.717, 1.165) is 0 Å². The smallest absolute Gasteiger partial charge is 0.360 e. The Bertz CT molecular complexity index is 328. The van der Waals surface area contributed by atoms with Gasteiger partial charge in [-0.15, -0.1) is 0 Å². The molecule has 0 aromatic carbocycles. The van der Waals surface area contributed by atoms with Crippen molar-refractivity contribution in [3.05, 3.63) is 24.3 Å². The van der Waals surface area contributed by atoms with Crippen LogP contribution in [0.4, 0.5) is 0 Å². The van der Waals surface area contributed by atoms with Crippen molar-refractivity contribution in [1.29, 1.82) is 0 Å². The molecule has 90 valence electrons. The molecule has 0 aromatic heterocycles. The van der Waals surface area contributed by atoms with Crippen molar-refractivity contribution in [2.24, 2.45) is 0 Å². The van der Waals surface area contributed by atoms with Crippen LogP contribution >= 0.6 is 0 Å². The van der Waals surface area contributed by atoms with E-state index in [9.17, 15) is 9.59 Å². The zero-order chi connectivity index (χ0) is 12.9. The Morgan fingerprint density at radius 1 is 1.12 bits per heavy atom. The Kier molecular flexibility index (Phi) is 4.87. The Morgan fingerprint density at radius 3 is 1.94 bits per heavy atom. The Hall–Kier alpha value is -1.66. The van der Waals surface area contributed by atoms with E-state index in [4.69, 9.17) is 10.2 Å². The number of carbonyl (C=O) groups excluding carboxylic acids is 2. The number of carbonyl (C=O) groups is 2. The van der Waals surface area contributed by atoms with Gasteiger partial charge < -0.3 is 19.7 Å². The molecule has 0 aliphatic carbocycles. The average Bonchev–Trinajstić information content (AvgIpc) is 2.13. The van der Waals surface area contributed by atoms with Gasteiger partial charge in [-0.1, -0.05) is 13.2 Å². The van der Waals surface area contributed by atoms with E-state index in [-0.39, 0.29) is 11.1 Å². The van der Waals surface area contributed by atoms with Gasteiger partial charge in [0.05, 0.1) is 0 Å². The lowest BCUT2D eigenvalue weighted by Gasteiger charge is -2.20. The molecule has 2 N–H and O–H groups in total. The highest BCUT2D eigenvalue weighted by Crippen LogP contribution is 2.07. The van der Waals surface area contributed by atoms with Crippen molar-refractivity contribution in [2.45, 2.75) is 19.8 Å². The molecule has 0 aliphatic heterocycles. The molecule has 0 rings (SSSR count). The fourth-order valence-corrected chi connectivity index (χ4v) is 0.548. The third-order valence-corrected chi connectivity index (χ3v) is 1.34. The van der Waals surface area contributed by atoms with Crippen LogP contribution in [-0.2, 0) is 19.1 Å². The number of aliphatic hydroxyl groups is 2. The lowest BCUT2D eigenvalue weighted by molar-refractivity contribution is -0.331. The summed E-state index contributed by atoms with van der Waals surface area (Å²) in [6.07, 6.45) is 0. The summed E-state index contributed by atoms with van der Waals surface area (Å²) in [4.78, 5) is 21.8. The first kappa shape index (κ1) is 14.3. The van der Waals surface area contributed by atoms with Gasteiger partial charge in [-0.05, 0) is 13.8 Å². The number of ether oxygens (including phenoxy) is 2. The second-order valence-corrected chi connectivity index (χ2v) is 3.27. The van der Waals surface area contributed by atoms with Crippen LogP contribution in [0.2, 0.25) is 0 Å². The molecule has 0 saturated heterocycles. The van der Waals surface area contributed by atoms with Crippen LogP contribution in [0.3, 0.4) is 0 Å². The summed E-state index contributed by atoms with van der Waals surface area (Å²) in [6.45, 7) is 8.34. The quantitative estimate of drug-likeness (QED) is 0.388. The normalized spacial score (nSPS) is 10.5. The highest BCUT2D eigenvalue weighted by Gasteiger charge is 2.31. The molecule has 0 radical (unpaired) electrons. The van der Waals surface area contributed by atoms with E-state index < -0.39 is 24.5 Å². The van der Waals surface area contributed by atoms with Gasteiger partial charge in [0.25, 0.3) is 0 Å². The summed E-state index contributed by atoms with van der Waals surface area (Å²) in [5.74, 6) is -4.70. The van der Waals surface area contributed by atoms with Crippen molar-refractivity contribution in [3.63, 3.8) is 0 Å². The second-order valence-electron chi connectivity index (χ2n) is 3.27. The topological polar surface area (TPSA) is 93.1 Å². The molecule has 0 fully saturated rings. The van der Waals surface area contributed by atoms with E-state index >= 15 is 0 Å². The Labute approximate surface area is 92.8 Å². The molecule has 0 spiro atoms. The lowest BCUT2D eigenvalue weighted by atomic mass is 10.3. The lowest BCUT2D eigenvalue weighted by Crippen LogP contribution is -2.40. The largest absolute Gasteiger partial charge is 0.452 e. The summed E-state index contributed by atoms with van der Waals surface area (Å²) in [5.41, 5.74) is 0.0701. The van der Waals surface area contributed by atoms with E-state index in [1.807, 2.05) is 0 Å². The zero-order valence-corrected chi connectivity index (χ0v) is 9.15. The van der Waals surface area contributed by atoms with Crippen LogP contribution < -0.4 is 0 Å². The maximum absolute atomic E-state index is 10.9. The van der Waals surface area contributed by atoms with Crippen LogP contribution in [0.1, 0.15) is 13.8 Å². The minimum Gasteiger partial charge on any atom is -0.452 e. The predicted octanol–water partition coefficient (Wildman–Crippen LogP) is -0.137. The molecular weight excluding hydrogens is 216 g/mol. The summed E-state index contributed by atoms with van der Waals surface area (Å²) in [5, 5.41) is 18.3. The van der Waals surface area contributed by atoms with Gasteiger partial charge >= 0.3 is 17.9 Å². The minimum absolute atomic E-state index is 0.0151. The highest BCUT2D eigenvalue weighted by atomic mass is 16.8. The highest BCUT2D eigenvalue weighted by molar-refractivity contribution is 5.87. The maximum Gasteiger partial charge on any atom is 0.360 e. The van der Waals surface area contributed by atoms with Gasteiger partial charge in [0.15, 0.2) is 6.61 Å². The third kappa shape index (κ3) is 5.28. The van der Waals surface area contributed by atoms with Crippen molar-refractivity contribution >= 4 is 11.9 Å². The number of esters is 2. The first-order chi connectivity index (χ1) is 7.15. The van der Waals surface area contributed by atoms with Gasteiger partial charge in [0.2, 0.25) is 0 Å². The third-order valence-electron chi connectivity index (χ3n) is 1.34. The molecule has 0 unspecified atom stereocenters. The fraction of sp³-hybridized carbons (Fsp3) is 0.400. The standard InChI is InChI=1S/C10H14O6/c1-6(2)8(11)15-5-10(13,14)16-9(12)7(3)4/h13-14H,1,3,5H2,2,4H3. The van der Waals surface area contributed by atoms with E-state index in [1.54, 1.807) is 0 Å². The van der Waals surface area contributed by atoms with Crippen molar-refractivity contribution in [1.82, 2.24) is 0 Å². The van der Waals surface area contributed by atoms with Crippen molar-refractivity contribution < 1.29 is 29.3 Å². The van der Waals surface area contributed by atoms with Crippen molar-refractivity contribution in [3.8, 4) is 0 Å². The fourth-order valence-electron chi connectivity index (χ4n) is 0.548. The monoisotopic (exact) mass is 230 g/mol. The maximum atomic E-state index is 10.9. The van der Waals surface area contributed by atoms with Crippen LogP contribution in [0.25, 0.3) is 0 Å². The second kappa shape index (κ2) is 5.43. The molecule has 16 heavy (non-hydrogen) atoms. The molecular formula is C10H14O6. The first-order valence-corrected chi connectivity index (χ1v) is 4.32. The minimum atomic E-state index is -2.87. The van der Waals surface area contributed by atoms with Crippen LogP contribution in [0.15, 0.2) is 24.3 Å². The van der Waals surface area contributed by atoms with Gasteiger partial charge in [-0.25, -0.2) is 9.59 Å². The van der Waals surface area contributed by atoms with E-state index in [0.29, 0.717) is 0 Å². The molecule has 0 atom stereocenters. The average molecular weight is 230 g/mol.